The molecule has 2 aliphatic rings. The summed E-state index contributed by atoms with van der Waals surface area (Å²) in [5.74, 6) is -1.63. The van der Waals surface area contributed by atoms with Crippen molar-refractivity contribution in [2.45, 2.75) is 56.7 Å². The van der Waals surface area contributed by atoms with Crippen LogP contribution >= 0.6 is 0 Å². The largest absolute Gasteiger partial charge is 0.480 e. The van der Waals surface area contributed by atoms with E-state index in [1.165, 1.54) is 4.90 Å². The SMILES string of the molecule is NC(N)=NCCC[C@H](NC(=O)C1CCCN1)C(=O)N1CCC[C@H]1C(=O)O. The van der Waals surface area contributed by atoms with Gasteiger partial charge in [0, 0.05) is 13.1 Å². The Labute approximate surface area is 152 Å². The van der Waals surface area contributed by atoms with Gasteiger partial charge in [-0.1, -0.05) is 0 Å². The molecule has 2 saturated heterocycles. The molecule has 2 rings (SSSR count). The molecule has 7 N–H and O–H groups in total. The molecule has 0 aromatic rings. The van der Waals surface area contributed by atoms with Gasteiger partial charge in [-0.3, -0.25) is 14.6 Å². The lowest BCUT2D eigenvalue weighted by Crippen LogP contribution is -2.54. The zero-order valence-electron chi connectivity index (χ0n) is 14.8. The van der Waals surface area contributed by atoms with Crippen molar-refractivity contribution < 1.29 is 19.5 Å². The zero-order chi connectivity index (χ0) is 19.1. The number of aliphatic imine (C=N–C) groups is 1. The first-order chi connectivity index (χ1) is 12.4. The molecule has 2 aliphatic heterocycles. The van der Waals surface area contributed by atoms with Gasteiger partial charge in [0.05, 0.1) is 6.04 Å². The van der Waals surface area contributed by atoms with Crippen molar-refractivity contribution in [2.24, 2.45) is 16.5 Å². The molecular formula is C16H28N6O4. The molecule has 26 heavy (non-hydrogen) atoms. The minimum absolute atomic E-state index is 0.0300. The number of nitrogens with two attached hydrogens (primary N) is 2. The fraction of sp³-hybridized carbons (Fsp3) is 0.750. The number of rotatable bonds is 8. The Hall–Kier alpha value is -2.36. The van der Waals surface area contributed by atoms with Crippen LogP contribution < -0.4 is 22.1 Å². The fourth-order valence-electron chi connectivity index (χ4n) is 3.43. The van der Waals surface area contributed by atoms with E-state index in [-0.39, 0.29) is 23.8 Å². The fourth-order valence-corrected chi connectivity index (χ4v) is 3.43. The highest BCUT2D eigenvalue weighted by molar-refractivity contribution is 5.92. The number of carbonyl (C=O) groups is 3. The molecule has 10 nitrogen and oxygen atoms in total. The average molecular weight is 368 g/mol. The zero-order valence-corrected chi connectivity index (χ0v) is 14.8. The molecule has 10 heteroatoms. The Morgan fingerprint density at radius 2 is 2.04 bits per heavy atom. The summed E-state index contributed by atoms with van der Waals surface area (Å²) in [7, 11) is 0. The van der Waals surface area contributed by atoms with Crippen LogP contribution in [-0.4, -0.2) is 71.5 Å². The highest BCUT2D eigenvalue weighted by Crippen LogP contribution is 2.20. The molecule has 0 aromatic heterocycles. The van der Waals surface area contributed by atoms with Crippen LogP contribution in [0.5, 0.6) is 0 Å². The lowest BCUT2D eigenvalue weighted by molar-refractivity contribution is -0.149. The molecule has 0 bridgehead atoms. The Morgan fingerprint density at radius 1 is 1.27 bits per heavy atom. The van der Waals surface area contributed by atoms with Gasteiger partial charge in [0.1, 0.15) is 12.1 Å². The normalized spacial score (nSPS) is 23.5. The predicted octanol–water partition coefficient (Wildman–Crippen LogP) is -1.65. The second kappa shape index (κ2) is 9.37. The molecule has 0 aliphatic carbocycles. The van der Waals surface area contributed by atoms with Gasteiger partial charge in [-0.15, -0.1) is 0 Å². The van der Waals surface area contributed by atoms with Gasteiger partial charge in [0.2, 0.25) is 11.8 Å². The minimum atomic E-state index is -1.01. The van der Waals surface area contributed by atoms with E-state index in [0.29, 0.717) is 38.8 Å². The number of aliphatic carboxylic acids is 1. The molecule has 0 radical (unpaired) electrons. The van der Waals surface area contributed by atoms with Gasteiger partial charge in [0.15, 0.2) is 5.96 Å². The van der Waals surface area contributed by atoms with Crippen molar-refractivity contribution in [2.75, 3.05) is 19.6 Å². The summed E-state index contributed by atoms with van der Waals surface area (Å²) in [5.41, 5.74) is 10.6. The monoisotopic (exact) mass is 368 g/mol. The lowest BCUT2D eigenvalue weighted by atomic mass is 10.1. The third-order valence-electron chi connectivity index (χ3n) is 4.76. The lowest BCUT2D eigenvalue weighted by Gasteiger charge is -2.28. The van der Waals surface area contributed by atoms with Crippen molar-refractivity contribution in [3.8, 4) is 0 Å². The second-order valence-corrected chi connectivity index (χ2v) is 6.69. The van der Waals surface area contributed by atoms with Gasteiger partial charge < -0.3 is 32.1 Å². The van der Waals surface area contributed by atoms with Crippen LogP contribution in [0.25, 0.3) is 0 Å². The van der Waals surface area contributed by atoms with E-state index >= 15 is 0 Å². The summed E-state index contributed by atoms with van der Waals surface area (Å²) >= 11 is 0. The Bertz CT molecular complexity index is 557. The van der Waals surface area contributed by atoms with Gasteiger partial charge in [0.25, 0.3) is 0 Å². The van der Waals surface area contributed by atoms with Crippen molar-refractivity contribution in [1.82, 2.24) is 15.5 Å². The first-order valence-electron chi connectivity index (χ1n) is 9.02. The first kappa shape index (κ1) is 20.0. The summed E-state index contributed by atoms with van der Waals surface area (Å²) in [5, 5.41) is 15.2. The van der Waals surface area contributed by atoms with E-state index in [2.05, 4.69) is 15.6 Å². The number of carbonyl (C=O) groups excluding carboxylic acids is 2. The number of guanidine groups is 1. The Kier molecular flexibility index (Phi) is 7.19. The summed E-state index contributed by atoms with van der Waals surface area (Å²) < 4.78 is 0. The minimum Gasteiger partial charge on any atom is -0.480 e. The first-order valence-corrected chi connectivity index (χ1v) is 9.02. The molecule has 2 amide bonds. The van der Waals surface area contributed by atoms with Gasteiger partial charge in [-0.25, -0.2) is 4.79 Å². The summed E-state index contributed by atoms with van der Waals surface area (Å²) in [6, 6.07) is -1.92. The molecule has 1 unspecified atom stereocenters. The maximum absolute atomic E-state index is 12.9. The Morgan fingerprint density at radius 3 is 2.65 bits per heavy atom. The number of nitrogens with zero attached hydrogens (tertiary/aromatic N) is 2. The van der Waals surface area contributed by atoms with Crippen LogP contribution in [0.4, 0.5) is 0 Å². The number of amides is 2. The predicted molar refractivity (Wildman–Crippen MR) is 95.2 cm³/mol. The molecule has 2 fully saturated rings. The highest BCUT2D eigenvalue weighted by atomic mass is 16.4. The topological polar surface area (TPSA) is 163 Å². The van der Waals surface area contributed by atoms with Gasteiger partial charge in [-0.05, 0) is 45.1 Å². The highest BCUT2D eigenvalue weighted by Gasteiger charge is 2.38. The van der Waals surface area contributed by atoms with Crippen LogP contribution in [-0.2, 0) is 14.4 Å². The van der Waals surface area contributed by atoms with Crippen LogP contribution in [0.3, 0.4) is 0 Å². The summed E-state index contributed by atoms with van der Waals surface area (Å²) in [6.07, 6.45) is 3.55. The van der Waals surface area contributed by atoms with Crippen molar-refractivity contribution >= 4 is 23.7 Å². The maximum atomic E-state index is 12.9. The van der Waals surface area contributed by atoms with Crippen LogP contribution in [0.2, 0.25) is 0 Å². The second-order valence-electron chi connectivity index (χ2n) is 6.69. The van der Waals surface area contributed by atoms with Crippen molar-refractivity contribution in [3.05, 3.63) is 0 Å². The van der Waals surface area contributed by atoms with Crippen LogP contribution in [0.1, 0.15) is 38.5 Å². The maximum Gasteiger partial charge on any atom is 0.326 e. The molecule has 2 heterocycles. The van der Waals surface area contributed by atoms with Gasteiger partial charge in [-0.2, -0.15) is 0 Å². The number of hydrogen-bond acceptors (Lipinski definition) is 5. The number of carboxylic acid groups (broad SMARTS) is 1. The quantitative estimate of drug-likeness (QED) is 0.195. The van der Waals surface area contributed by atoms with E-state index in [9.17, 15) is 19.5 Å². The molecule has 3 atom stereocenters. The average Bonchev–Trinajstić information content (AvgIpc) is 3.27. The van der Waals surface area contributed by atoms with E-state index in [1.807, 2.05) is 0 Å². The van der Waals surface area contributed by atoms with Crippen molar-refractivity contribution in [3.63, 3.8) is 0 Å². The molecule has 146 valence electrons. The Balaban J connectivity index is 2.02. The number of nitrogens with one attached hydrogen (secondary N) is 2. The molecule has 0 aromatic carbocycles. The van der Waals surface area contributed by atoms with E-state index < -0.39 is 18.1 Å². The van der Waals surface area contributed by atoms with E-state index in [4.69, 9.17) is 11.5 Å². The third-order valence-corrected chi connectivity index (χ3v) is 4.76. The van der Waals surface area contributed by atoms with Crippen LogP contribution in [0, 0.1) is 0 Å². The van der Waals surface area contributed by atoms with Gasteiger partial charge >= 0.3 is 5.97 Å². The molecular weight excluding hydrogens is 340 g/mol. The third kappa shape index (κ3) is 5.32. The number of hydrogen-bond donors (Lipinski definition) is 5. The molecule has 0 spiro atoms. The molecule has 0 saturated carbocycles. The number of likely N-dealkylation sites (tertiary alicyclic amines) is 1. The van der Waals surface area contributed by atoms with E-state index in [1.54, 1.807) is 0 Å². The smallest absolute Gasteiger partial charge is 0.326 e. The van der Waals surface area contributed by atoms with Crippen molar-refractivity contribution in [1.29, 1.82) is 0 Å². The summed E-state index contributed by atoms with van der Waals surface area (Å²) in [4.78, 5) is 41.9. The van der Waals surface area contributed by atoms with E-state index in [0.717, 1.165) is 19.4 Å². The standard InChI is InChI=1S/C16H28N6O4/c17-16(18)20-8-2-5-11(21-13(23)10-4-1-7-19-10)14(24)22-9-3-6-12(22)15(25)26/h10-12,19H,1-9H2,(H,21,23)(H,25,26)(H4,17,18,20)/t10?,11-,12-/m0/s1. The number of carboxylic acids is 1. The summed E-state index contributed by atoms with van der Waals surface area (Å²) in [6.45, 7) is 1.50. The van der Waals surface area contributed by atoms with Crippen LogP contribution in [0.15, 0.2) is 4.99 Å².